The quantitative estimate of drug-likeness (QED) is 0.811. The van der Waals surface area contributed by atoms with Gasteiger partial charge in [-0.05, 0) is 61.2 Å². The Bertz CT molecular complexity index is 680. The van der Waals surface area contributed by atoms with Crippen LogP contribution in [0, 0.1) is 0 Å². The minimum atomic E-state index is -0.439. The zero-order chi connectivity index (χ0) is 15.5. The van der Waals surface area contributed by atoms with Crippen molar-refractivity contribution in [2.75, 3.05) is 13.1 Å². The first-order valence-corrected chi connectivity index (χ1v) is 8.57. The maximum atomic E-state index is 12.4. The van der Waals surface area contributed by atoms with E-state index in [1.807, 2.05) is 42.2 Å². The van der Waals surface area contributed by atoms with E-state index in [9.17, 15) is 4.79 Å². The molecule has 2 aromatic carbocycles. The van der Waals surface area contributed by atoms with Gasteiger partial charge in [0.1, 0.15) is 5.75 Å². The molecule has 2 aromatic rings. The minimum absolute atomic E-state index is 0.0932. The molecular weight excluding hydrogens is 342 g/mol. The van der Waals surface area contributed by atoms with Gasteiger partial charge in [-0.15, -0.1) is 0 Å². The summed E-state index contributed by atoms with van der Waals surface area (Å²) in [5, 5.41) is 2.26. The standard InChI is InChI=1S/C18H20BrNO2/c1-13(18(21)20-9-3-2-4-10-20)22-17-8-6-14-11-16(19)7-5-15(14)12-17/h5-8,11-13H,2-4,9-10H2,1H3/t13-/m1/s1. The van der Waals surface area contributed by atoms with Gasteiger partial charge in [0.2, 0.25) is 0 Å². The monoisotopic (exact) mass is 361 g/mol. The zero-order valence-corrected chi connectivity index (χ0v) is 14.3. The molecule has 0 bridgehead atoms. The van der Waals surface area contributed by atoms with E-state index in [0.717, 1.165) is 46.9 Å². The predicted molar refractivity (Wildman–Crippen MR) is 92.2 cm³/mol. The number of halogens is 1. The summed E-state index contributed by atoms with van der Waals surface area (Å²) in [6.45, 7) is 3.55. The molecule has 22 heavy (non-hydrogen) atoms. The van der Waals surface area contributed by atoms with Crippen molar-refractivity contribution >= 4 is 32.6 Å². The highest BCUT2D eigenvalue weighted by Crippen LogP contribution is 2.25. The lowest BCUT2D eigenvalue weighted by Crippen LogP contribution is -2.43. The van der Waals surface area contributed by atoms with Crippen molar-refractivity contribution in [3.8, 4) is 5.75 Å². The van der Waals surface area contributed by atoms with E-state index < -0.39 is 6.10 Å². The molecule has 0 saturated carbocycles. The van der Waals surface area contributed by atoms with E-state index in [2.05, 4.69) is 22.0 Å². The molecule has 1 amide bonds. The van der Waals surface area contributed by atoms with Gasteiger partial charge in [0, 0.05) is 17.6 Å². The average molecular weight is 362 g/mol. The van der Waals surface area contributed by atoms with Gasteiger partial charge >= 0.3 is 0 Å². The third kappa shape index (κ3) is 3.43. The second kappa shape index (κ2) is 6.69. The highest BCUT2D eigenvalue weighted by atomic mass is 79.9. The Kier molecular flexibility index (Phi) is 4.67. The summed E-state index contributed by atoms with van der Waals surface area (Å²) in [4.78, 5) is 14.3. The van der Waals surface area contributed by atoms with Gasteiger partial charge in [0.25, 0.3) is 5.91 Å². The zero-order valence-electron chi connectivity index (χ0n) is 12.7. The fourth-order valence-corrected chi connectivity index (χ4v) is 3.27. The Morgan fingerprint density at radius 2 is 1.77 bits per heavy atom. The molecule has 1 atom stereocenters. The fourth-order valence-electron chi connectivity index (χ4n) is 2.89. The number of carbonyl (C=O) groups excluding carboxylic acids is 1. The molecule has 0 N–H and O–H groups in total. The van der Waals surface area contributed by atoms with E-state index in [4.69, 9.17) is 4.74 Å². The summed E-state index contributed by atoms with van der Waals surface area (Å²) >= 11 is 3.47. The summed E-state index contributed by atoms with van der Waals surface area (Å²) in [6, 6.07) is 12.1. The van der Waals surface area contributed by atoms with Gasteiger partial charge in [-0.25, -0.2) is 0 Å². The number of rotatable bonds is 3. The summed E-state index contributed by atoms with van der Waals surface area (Å²) in [6.07, 6.45) is 2.98. The second-order valence-electron chi connectivity index (χ2n) is 5.80. The van der Waals surface area contributed by atoms with E-state index in [-0.39, 0.29) is 5.91 Å². The summed E-state index contributed by atoms with van der Waals surface area (Å²) in [5.41, 5.74) is 0. The van der Waals surface area contributed by atoms with E-state index >= 15 is 0 Å². The predicted octanol–water partition coefficient (Wildman–Crippen LogP) is 4.38. The third-order valence-electron chi connectivity index (χ3n) is 4.10. The first-order chi connectivity index (χ1) is 10.6. The first kappa shape index (κ1) is 15.3. The number of piperidine rings is 1. The number of nitrogens with zero attached hydrogens (tertiary/aromatic N) is 1. The minimum Gasteiger partial charge on any atom is -0.481 e. The van der Waals surface area contributed by atoms with Gasteiger partial charge in [-0.1, -0.05) is 28.1 Å². The SMILES string of the molecule is C[C@@H](Oc1ccc2cc(Br)ccc2c1)C(=O)N1CCCCC1. The van der Waals surface area contributed by atoms with Gasteiger partial charge in [0.15, 0.2) is 6.10 Å². The normalized spacial score (nSPS) is 16.5. The van der Waals surface area contributed by atoms with Crippen LogP contribution >= 0.6 is 15.9 Å². The highest BCUT2D eigenvalue weighted by Gasteiger charge is 2.23. The van der Waals surface area contributed by atoms with Crippen molar-refractivity contribution in [3.63, 3.8) is 0 Å². The van der Waals surface area contributed by atoms with Crippen LogP contribution in [0.4, 0.5) is 0 Å². The van der Waals surface area contributed by atoms with E-state index in [1.54, 1.807) is 0 Å². The molecule has 1 aliphatic heterocycles. The van der Waals surface area contributed by atoms with Crippen molar-refractivity contribution in [1.29, 1.82) is 0 Å². The molecule has 1 saturated heterocycles. The second-order valence-corrected chi connectivity index (χ2v) is 6.71. The Hall–Kier alpha value is -1.55. The molecule has 3 rings (SSSR count). The van der Waals surface area contributed by atoms with Gasteiger partial charge in [0.05, 0.1) is 0 Å². The number of likely N-dealkylation sites (tertiary alicyclic amines) is 1. The average Bonchev–Trinajstić information content (AvgIpc) is 2.55. The molecule has 0 radical (unpaired) electrons. The molecule has 116 valence electrons. The van der Waals surface area contributed by atoms with Crippen LogP contribution < -0.4 is 4.74 Å². The lowest BCUT2D eigenvalue weighted by Gasteiger charge is -2.29. The summed E-state index contributed by atoms with van der Waals surface area (Å²) in [5.74, 6) is 0.836. The number of carbonyl (C=O) groups is 1. The number of hydrogen-bond acceptors (Lipinski definition) is 2. The topological polar surface area (TPSA) is 29.5 Å². The van der Waals surface area contributed by atoms with Crippen LogP contribution in [0.1, 0.15) is 26.2 Å². The Morgan fingerprint density at radius 1 is 1.09 bits per heavy atom. The molecule has 3 nitrogen and oxygen atoms in total. The van der Waals surface area contributed by atoms with Crippen LogP contribution in [-0.4, -0.2) is 30.0 Å². The molecule has 0 aromatic heterocycles. The van der Waals surface area contributed by atoms with Crippen LogP contribution in [-0.2, 0) is 4.79 Å². The molecular formula is C18H20BrNO2. The molecule has 0 aliphatic carbocycles. The number of amides is 1. The van der Waals surface area contributed by atoms with E-state index in [1.165, 1.54) is 6.42 Å². The number of hydrogen-bond donors (Lipinski definition) is 0. The third-order valence-corrected chi connectivity index (χ3v) is 4.60. The highest BCUT2D eigenvalue weighted by molar-refractivity contribution is 9.10. The largest absolute Gasteiger partial charge is 0.481 e. The molecule has 1 aliphatic rings. The molecule has 0 spiro atoms. The van der Waals surface area contributed by atoms with Gasteiger partial charge in [-0.3, -0.25) is 4.79 Å². The van der Waals surface area contributed by atoms with Crippen LogP contribution in [0.3, 0.4) is 0 Å². The maximum Gasteiger partial charge on any atom is 0.263 e. The Morgan fingerprint density at radius 3 is 2.55 bits per heavy atom. The van der Waals surface area contributed by atoms with Crippen LogP contribution in [0.2, 0.25) is 0 Å². The van der Waals surface area contributed by atoms with Crippen molar-refractivity contribution in [3.05, 3.63) is 40.9 Å². The fraction of sp³-hybridized carbons (Fsp3) is 0.389. The van der Waals surface area contributed by atoms with Gasteiger partial charge < -0.3 is 9.64 Å². The van der Waals surface area contributed by atoms with Crippen molar-refractivity contribution in [2.24, 2.45) is 0 Å². The summed E-state index contributed by atoms with van der Waals surface area (Å²) < 4.78 is 6.92. The van der Waals surface area contributed by atoms with Crippen molar-refractivity contribution < 1.29 is 9.53 Å². The van der Waals surface area contributed by atoms with Crippen molar-refractivity contribution in [2.45, 2.75) is 32.3 Å². The van der Waals surface area contributed by atoms with Gasteiger partial charge in [-0.2, -0.15) is 0 Å². The van der Waals surface area contributed by atoms with Crippen LogP contribution in [0.15, 0.2) is 40.9 Å². The molecule has 1 heterocycles. The molecule has 4 heteroatoms. The maximum absolute atomic E-state index is 12.4. The smallest absolute Gasteiger partial charge is 0.263 e. The number of benzene rings is 2. The molecule has 0 unspecified atom stereocenters. The Balaban J connectivity index is 1.71. The number of fused-ring (bicyclic) bond motifs is 1. The lowest BCUT2D eigenvalue weighted by atomic mass is 10.1. The Labute approximate surface area is 139 Å². The van der Waals surface area contributed by atoms with Crippen molar-refractivity contribution in [1.82, 2.24) is 4.90 Å². The van der Waals surface area contributed by atoms with E-state index in [0.29, 0.717) is 0 Å². The van der Waals surface area contributed by atoms with Crippen LogP contribution in [0.5, 0.6) is 5.75 Å². The molecule has 1 fully saturated rings. The van der Waals surface area contributed by atoms with Crippen LogP contribution in [0.25, 0.3) is 10.8 Å². The first-order valence-electron chi connectivity index (χ1n) is 7.78. The number of ether oxygens (including phenoxy) is 1. The lowest BCUT2D eigenvalue weighted by molar-refractivity contribution is -0.138. The summed E-state index contributed by atoms with van der Waals surface area (Å²) in [7, 11) is 0.